The van der Waals surface area contributed by atoms with Gasteiger partial charge in [-0.2, -0.15) is 0 Å². The van der Waals surface area contributed by atoms with E-state index in [2.05, 4.69) is 31.0 Å². The number of rotatable bonds is 3. The molecule has 1 unspecified atom stereocenters. The Morgan fingerprint density at radius 2 is 2.00 bits per heavy atom. The highest BCUT2D eigenvalue weighted by atomic mass is 35.5. The van der Waals surface area contributed by atoms with Crippen LogP contribution in [0.5, 0.6) is 0 Å². The Balaban J connectivity index is 2.57. The van der Waals surface area contributed by atoms with Crippen LogP contribution < -0.4 is 5.73 Å². The van der Waals surface area contributed by atoms with Crippen LogP contribution in [0.2, 0.25) is 5.15 Å². The van der Waals surface area contributed by atoms with Crippen molar-refractivity contribution in [3.05, 3.63) is 41.0 Å². The van der Waals surface area contributed by atoms with E-state index in [1.165, 1.54) is 0 Å². The Morgan fingerprint density at radius 3 is 2.65 bits per heavy atom. The largest absolute Gasteiger partial charge is 0.330 e. The molecule has 0 aliphatic heterocycles. The lowest BCUT2D eigenvalue weighted by molar-refractivity contribution is 0.506. The maximum Gasteiger partial charge on any atom is 0.133 e. The number of nitrogens with two attached hydrogens (primary N) is 1. The highest BCUT2D eigenvalue weighted by Gasteiger charge is 2.18. The molecule has 1 atom stereocenters. The van der Waals surface area contributed by atoms with Crippen molar-refractivity contribution >= 4 is 22.5 Å². The van der Waals surface area contributed by atoms with Crippen molar-refractivity contribution in [3.63, 3.8) is 0 Å². The van der Waals surface area contributed by atoms with Gasteiger partial charge in [0.05, 0.1) is 5.52 Å². The molecule has 0 radical (unpaired) electrons. The van der Waals surface area contributed by atoms with Gasteiger partial charge >= 0.3 is 0 Å². The van der Waals surface area contributed by atoms with Crippen LogP contribution in [0.4, 0.5) is 0 Å². The summed E-state index contributed by atoms with van der Waals surface area (Å²) >= 11 is 6.25. The van der Waals surface area contributed by atoms with Gasteiger partial charge in [0.2, 0.25) is 0 Å². The second-order valence-corrected chi connectivity index (χ2v) is 5.01. The molecule has 2 aromatic rings. The van der Waals surface area contributed by atoms with E-state index in [1.54, 1.807) is 0 Å². The number of hydrogen-bond donors (Lipinski definition) is 1. The summed E-state index contributed by atoms with van der Waals surface area (Å²) in [6, 6.07) is 10.1. The minimum absolute atomic E-state index is 0.264. The van der Waals surface area contributed by atoms with Gasteiger partial charge in [0.15, 0.2) is 0 Å². The molecule has 0 aliphatic carbocycles. The summed E-state index contributed by atoms with van der Waals surface area (Å²) in [5.74, 6) is 0.722. The third kappa shape index (κ3) is 2.43. The van der Waals surface area contributed by atoms with Gasteiger partial charge in [-0.25, -0.2) is 4.98 Å². The molecule has 0 fully saturated rings. The first-order valence-electron chi connectivity index (χ1n) is 5.88. The predicted octanol–water partition coefficient (Wildman–Crippen LogP) is 3.59. The van der Waals surface area contributed by atoms with Gasteiger partial charge in [0.25, 0.3) is 0 Å². The molecule has 17 heavy (non-hydrogen) atoms. The highest BCUT2D eigenvalue weighted by molar-refractivity contribution is 6.30. The number of halogens is 1. The zero-order valence-corrected chi connectivity index (χ0v) is 10.9. The van der Waals surface area contributed by atoms with Crippen molar-refractivity contribution in [2.45, 2.75) is 19.8 Å². The van der Waals surface area contributed by atoms with Crippen molar-refractivity contribution in [1.29, 1.82) is 0 Å². The van der Waals surface area contributed by atoms with Crippen LogP contribution >= 0.6 is 11.6 Å². The molecule has 1 aromatic carbocycles. The Bertz CT molecular complexity index is 523. The molecule has 2 N–H and O–H groups in total. The zero-order valence-electron chi connectivity index (χ0n) is 10.2. The van der Waals surface area contributed by atoms with Crippen LogP contribution in [0.1, 0.15) is 25.3 Å². The standard InChI is InChI=1S/C14H17ClN2/c1-9(2)12(8-16)11-7-10-5-3-4-6-13(10)17-14(11)15/h3-7,9,12H,8,16H2,1-2H3. The van der Waals surface area contributed by atoms with Crippen molar-refractivity contribution in [3.8, 4) is 0 Å². The van der Waals surface area contributed by atoms with Gasteiger partial charge in [-0.05, 0) is 30.2 Å². The minimum Gasteiger partial charge on any atom is -0.330 e. The molecule has 2 nitrogen and oxygen atoms in total. The van der Waals surface area contributed by atoms with Gasteiger partial charge in [-0.1, -0.05) is 43.6 Å². The molecular formula is C14H17ClN2. The van der Waals surface area contributed by atoms with Gasteiger partial charge in [0.1, 0.15) is 5.15 Å². The maximum absolute atomic E-state index is 6.25. The van der Waals surface area contributed by atoms with Crippen LogP contribution in [0.15, 0.2) is 30.3 Å². The predicted molar refractivity (Wildman–Crippen MR) is 73.4 cm³/mol. The SMILES string of the molecule is CC(C)C(CN)c1cc2ccccc2nc1Cl. The summed E-state index contributed by atoms with van der Waals surface area (Å²) < 4.78 is 0. The zero-order chi connectivity index (χ0) is 12.4. The molecule has 1 aromatic heterocycles. The molecule has 3 heteroatoms. The molecule has 0 saturated carbocycles. The summed E-state index contributed by atoms with van der Waals surface area (Å²) in [4.78, 5) is 4.44. The first-order chi connectivity index (χ1) is 8.13. The van der Waals surface area contributed by atoms with Crippen LogP contribution in [0.25, 0.3) is 10.9 Å². The molecular weight excluding hydrogens is 232 g/mol. The van der Waals surface area contributed by atoms with E-state index in [1.807, 2.05) is 18.2 Å². The second kappa shape index (κ2) is 5.03. The molecule has 0 bridgehead atoms. The quantitative estimate of drug-likeness (QED) is 0.844. The van der Waals surface area contributed by atoms with Gasteiger partial charge < -0.3 is 5.73 Å². The van der Waals surface area contributed by atoms with E-state index in [0.29, 0.717) is 17.6 Å². The summed E-state index contributed by atoms with van der Waals surface area (Å²) in [6.07, 6.45) is 0. The third-order valence-corrected chi connectivity index (χ3v) is 3.47. The summed E-state index contributed by atoms with van der Waals surface area (Å²) in [5.41, 5.74) is 7.82. The minimum atomic E-state index is 0.264. The molecule has 2 rings (SSSR count). The molecule has 0 saturated heterocycles. The molecule has 1 heterocycles. The first kappa shape index (κ1) is 12.3. The van der Waals surface area contributed by atoms with E-state index in [9.17, 15) is 0 Å². The first-order valence-corrected chi connectivity index (χ1v) is 6.26. The average Bonchev–Trinajstić information content (AvgIpc) is 2.30. The lowest BCUT2D eigenvalue weighted by Crippen LogP contribution is -2.18. The van der Waals surface area contributed by atoms with Crippen molar-refractivity contribution in [2.24, 2.45) is 11.7 Å². The van der Waals surface area contributed by atoms with Crippen LogP contribution in [0, 0.1) is 5.92 Å². The normalized spacial score (nSPS) is 13.2. The number of para-hydroxylation sites is 1. The fraction of sp³-hybridized carbons (Fsp3) is 0.357. The van der Waals surface area contributed by atoms with Gasteiger partial charge in [0, 0.05) is 11.3 Å². The number of nitrogens with zero attached hydrogens (tertiary/aromatic N) is 1. The Morgan fingerprint density at radius 1 is 1.29 bits per heavy atom. The third-order valence-electron chi connectivity index (χ3n) is 3.16. The number of hydrogen-bond acceptors (Lipinski definition) is 2. The second-order valence-electron chi connectivity index (χ2n) is 4.65. The van der Waals surface area contributed by atoms with E-state index in [-0.39, 0.29) is 5.92 Å². The lowest BCUT2D eigenvalue weighted by Gasteiger charge is -2.20. The van der Waals surface area contributed by atoms with Gasteiger partial charge in [-0.15, -0.1) is 0 Å². The lowest BCUT2D eigenvalue weighted by atomic mass is 9.89. The van der Waals surface area contributed by atoms with E-state index in [0.717, 1.165) is 16.5 Å². The van der Waals surface area contributed by atoms with Crippen LogP contribution in [-0.2, 0) is 0 Å². The van der Waals surface area contributed by atoms with E-state index in [4.69, 9.17) is 17.3 Å². The molecule has 0 amide bonds. The fourth-order valence-corrected chi connectivity index (χ4v) is 2.41. The van der Waals surface area contributed by atoms with Crippen molar-refractivity contribution in [1.82, 2.24) is 4.98 Å². The number of aromatic nitrogens is 1. The van der Waals surface area contributed by atoms with Crippen molar-refractivity contribution < 1.29 is 0 Å². The maximum atomic E-state index is 6.25. The van der Waals surface area contributed by atoms with E-state index < -0.39 is 0 Å². The summed E-state index contributed by atoms with van der Waals surface area (Å²) in [5, 5.41) is 1.69. The number of benzene rings is 1. The Kier molecular flexibility index (Phi) is 3.65. The van der Waals surface area contributed by atoms with E-state index >= 15 is 0 Å². The fourth-order valence-electron chi connectivity index (χ4n) is 2.13. The number of pyridine rings is 1. The summed E-state index contributed by atoms with van der Waals surface area (Å²) in [7, 11) is 0. The topological polar surface area (TPSA) is 38.9 Å². The molecule has 0 aliphatic rings. The average molecular weight is 249 g/mol. The highest BCUT2D eigenvalue weighted by Crippen LogP contribution is 2.30. The van der Waals surface area contributed by atoms with Crippen molar-refractivity contribution in [2.75, 3.05) is 6.54 Å². The number of fused-ring (bicyclic) bond motifs is 1. The van der Waals surface area contributed by atoms with Crippen LogP contribution in [-0.4, -0.2) is 11.5 Å². The van der Waals surface area contributed by atoms with Crippen LogP contribution in [0.3, 0.4) is 0 Å². The summed E-state index contributed by atoms with van der Waals surface area (Å²) in [6.45, 7) is 4.91. The Labute approximate surface area is 107 Å². The molecule has 90 valence electrons. The monoisotopic (exact) mass is 248 g/mol. The van der Waals surface area contributed by atoms with Gasteiger partial charge in [-0.3, -0.25) is 0 Å². The molecule has 0 spiro atoms. The Hall–Kier alpha value is -1.12. The smallest absolute Gasteiger partial charge is 0.133 e.